The second-order valence-corrected chi connectivity index (χ2v) is 8.93. The van der Waals surface area contributed by atoms with E-state index in [2.05, 4.69) is 40.0 Å². The summed E-state index contributed by atoms with van der Waals surface area (Å²) in [6.45, 7) is 0.281. The van der Waals surface area contributed by atoms with Crippen LogP contribution in [0.1, 0.15) is 17.0 Å². The number of anilines is 1. The van der Waals surface area contributed by atoms with Crippen LogP contribution < -0.4 is 9.62 Å². The molecule has 1 heterocycles. The first-order chi connectivity index (χ1) is 12.8. The zero-order valence-electron chi connectivity index (χ0n) is 16.1. The van der Waals surface area contributed by atoms with Crippen LogP contribution in [-0.2, 0) is 10.2 Å². The van der Waals surface area contributed by atoms with Gasteiger partial charge in [0.15, 0.2) is 0 Å². The fourth-order valence-electron chi connectivity index (χ4n) is 3.11. The molecular formula is C20H26N4O2S. The second kappa shape index (κ2) is 7.72. The number of hydrogen-bond donors (Lipinski definition) is 2. The lowest BCUT2D eigenvalue weighted by molar-refractivity contribution is 0.503. The lowest BCUT2D eigenvalue weighted by Gasteiger charge is -2.21. The van der Waals surface area contributed by atoms with E-state index in [9.17, 15) is 8.42 Å². The van der Waals surface area contributed by atoms with Crippen molar-refractivity contribution in [2.45, 2.75) is 5.92 Å². The van der Waals surface area contributed by atoms with Crippen LogP contribution in [0.5, 0.6) is 0 Å². The van der Waals surface area contributed by atoms with Crippen LogP contribution in [0.2, 0.25) is 0 Å². The smallest absolute Gasteiger partial charge is 0.278 e. The molecule has 1 aromatic heterocycles. The van der Waals surface area contributed by atoms with Gasteiger partial charge in [0, 0.05) is 63.4 Å². The van der Waals surface area contributed by atoms with Crippen molar-refractivity contribution in [1.82, 2.24) is 14.0 Å². The number of nitrogens with one attached hydrogen (secondary N) is 2. The summed E-state index contributed by atoms with van der Waals surface area (Å²) in [5, 5.41) is 1.10. The first-order valence-electron chi connectivity index (χ1n) is 8.80. The van der Waals surface area contributed by atoms with Crippen molar-refractivity contribution < 1.29 is 8.42 Å². The summed E-state index contributed by atoms with van der Waals surface area (Å²) in [4.78, 5) is 5.33. The van der Waals surface area contributed by atoms with Gasteiger partial charge in [-0.1, -0.05) is 30.3 Å². The summed E-state index contributed by atoms with van der Waals surface area (Å²) in [5.41, 5.74) is 4.28. The number of para-hydroxylation sites is 1. The van der Waals surface area contributed by atoms with Crippen LogP contribution in [0.3, 0.4) is 0 Å². The first kappa shape index (κ1) is 19.4. The standard InChI is InChI=1S/C20H26N4O2S/c1-23(2)16-11-9-15(10-12-16)18(14-22-27(25,26)24(3)4)19-13-21-20-8-6-5-7-17(19)20/h5-13,18,21-22H,14H2,1-4H3. The molecule has 0 radical (unpaired) electrons. The fraction of sp³-hybridized carbons (Fsp3) is 0.300. The molecule has 0 amide bonds. The minimum atomic E-state index is -3.50. The van der Waals surface area contributed by atoms with E-state index in [1.165, 1.54) is 18.4 Å². The van der Waals surface area contributed by atoms with E-state index >= 15 is 0 Å². The highest BCUT2D eigenvalue weighted by Crippen LogP contribution is 2.31. The van der Waals surface area contributed by atoms with Gasteiger partial charge in [-0.05, 0) is 29.3 Å². The van der Waals surface area contributed by atoms with Crippen molar-refractivity contribution in [1.29, 1.82) is 0 Å². The Morgan fingerprint density at radius 3 is 2.30 bits per heavy atom. The van der Waals surface area contributed by atoms with Gasteiger partial charge >= 0.3 is 0 Å². The summed E-state index contributed by atoms with van der Waals surface area (Å²) in [7, 11) is 3.54. The molecule has 0 aliphatic carbocycles. The summed E-state index contributed by atoms with van der Waals surface area (Å²) < 4.78 is 28.4. The molecule has 0 fully saturated rings. The Labute approximate surface area is 161 Å². The summed E-state index contributed by atoms with van der Waals surface area (Å²) in [5.74, 6) is -0.105. The molecule has 27 heavy (non-hydrogen) atoms. The van der Waals surface area contributed by atoms with E-state index in [1.54, 1.807) is 0 Å². The van der Waals surface area contributed by atoms with Gasteiger partial charge < -0.3 is 9.88 Å². The summed E-state index contributed by atoms with van der Waals surface area (Å²) >= 11 is 0. The van der Waals surface area contributed by atoms with Crippen molar-refractivity contribution in [2.75, 3.05) is 39.6 Å². The van der Waals surface area contributed by atoms with E-state index in [0.29, 0.717) is 0 Å². The third-order valence-electron chi connectivity index (χ3n) is 4.76. The number of H-pyrrole nitrogens is 1. The van der Waals surface area contributed by atoms with E-state index in [4.69, 9.17) is 0 Å². The number of aromatic amines is 1. The number of aromatic nitrogens is 1. The van der Waals surface area contributed by atoms with Gasteiger partial charge in [0.05, 0.1) is 0 Å². The molecule has 0 saturated heterocycles. The minimum absolute atomic E-state index is 0.105. The van der Waals surface area contributed by atoms with Gasteiger partial charge in [-0.15, -0.1) is 0 Å². The largest absolute Gasteiger partial charge is 0.378 e. The highest BCUT2D eigenvalue weighted by molar-refractivity contribution is 7.87. The van der Waals surface area contributed by atoms with Crippen LogP contribution in [0.25, 0.3) is 10.9 Å². The molecule has 144 valence electrons. The maximum absolute atomic E-state index is 12.2. The maximum atomic E-state index is 12.2. The molecule has 0 bridgehead atoms. The van der Waals surface area contributed by atoms with Gasteiger partial charge in [0.2, 0.25) is 0 Å². The molecule has 0 aliphatic rings. The van der Waals surface area contributed by atoms with Crippen molar-refractivity contribution in [2.24, 2.45) is 0 Å². The monoisotopic (exact) mass is 386 g/mol. The highest BCUT2D eigenvalue weighted by Gasteiger charge is 2.22. The molecule has 0 saturated carbocycles. The summed E-state index contributed by atoms with van der Waals surface area (Å²) in [6.07, 6.45) is 1.97. The lowest BCUT2D eigenvalue weighted by atomic mass is 9.91. The van der Waals surface area contributed by atoms with E-state index in [0.717, 1.165) is 27.7 Å². The molecule has 3 aromatic rings. The number of hydrogen-bond acceptors (Lipinski definition) is 3. The number of benzene rings is 2. The molecule has 2 aromatic carbocycles. The predicted molar refractivity (Wildman–Crippen MR) is 112 cm³/mol. The molecule has 1 atom stereocenters. The molecule has 2 N–H and O–H groups in total. The van der Waals surface area contributed by atoms with Crippen molar-refractivity contribution in [3.8, 4) is 0 Å². The number of rotatable bonds is 7. The Bertz CT molecular complexity index is 1010. The third kappa shape index (κ3) is 4.16. The molecule has 0 aliphatic heterocycles. The molecule has 7 heteroatoms. The van der Waals surface area contributed by atoms with Gasteiger partial charge in [0.1, 0.15) is 0 Å². The quantitative estimate of drug-likeness (QED) is 0.656. The molecular weight excluding hydrogens is 360 g/mol. The van der Waals surface area contributed by atoms with Gasteiger partial charge in [-0.3, -0.25) is 0 Å². The summed E-state index contributed by atoms with van der Waals surface area (Å²) in [6, 6.07) is 16.3. The average Bonchev–Trinajstić information content (AvgIpc) is 3.06. The van der Waals surface area contributed by atoms with Crippen molar-refractivity contribution >= 4 is 26.8 Å². The Balaban J connectivity index is 2.01. The topological polar surface area (TPSA) is 68.4 Å². The number of nitrogens with zero attached hydrogens (tertiary/aromatic N) is 2. The molecule has 6 nitrogen and oxygen atoms in total. The van der Waals surface area contributed by atoms with E-state index in [-0.39, 0.29) is 12.5 Å². The SMILES string of the molecule is CN(C)c1ccc(C(CNS(=O)(=O)N(C)C)c2c[nH]c3ccccc23)cc1. The Morgan fingerprint density at radius 1 is 1.00 bits per heavy atom. The van der Waals surface area contributed by atoms with Crippen LogP contribution in [-0.4, -0.2) is 52.4 Å². The van der Waals surface area contributed by atoms with Gasteiger partial charge in [-0.25, -0.2) is 4.72 Å². The van der Waals surface area contributed by atoms with Crippen LogP contribution >= 0.6 is 0 Å². The lowest BCUT2D eigenvalue weighted by Crippen LogP contribution is -2.38. The van der Waals surface area contributed by atoms with Gasteiger partial charge in [0.25, 0.3) is 10.2 Å². The zero-order chi connectivity index (χ0) is 19.6. The Kier molecular flexibility index (Phi) is 5.55. The van der Waals surface area contributed by atoms with E-state index in [1.807, 2.05) is 43.4 Å². The normalized spacial score (nSPS) is 13.2. The molecule has 3 rings (SSSR count). The van der Waals surface area contributed by atoms with Crippen molar-refractivity contribution in [3.63, 3.8) is 0 Å². The fourth-order valence-corrected chi connectivity index (χ4v) is 3.75. The number of fused-ring (bicyclic) bond motifs is 1. The second-order valence-electron chi connectivity index (χ2n) is 6.96. The van der Waals surface area contributed by atoms with Crippen molar-refractivity contribution in [3.05, 3.63) is 65.9 Å². The third-order valence-corrected chi connectivity index (χ3v) is 6.25. The zero-order valence-corrected chi connectivity index (χ0v) is 16.9. The maximum Gasteiger partial charge on any atom is 0.278 e. The van der Waals surface area contributed by atoms with Crippen LogP contribution in [0, 0.1) is 0 Å². The Morgan fingerprint density at radius 2 is 1.67 bits per heavy atom. The molecule has 0 spiro atoms. The minimum Gasteiger partial charge on any atom is -0.378 e. The average molecular weight is 387 g/mol. The molecule has 1 unspecified atom stereocenters. The van der Waals surface area contributed by atoms with Crippen LogP contribution in [0.4, 0.5) is 5.69 Å². The van der Waals surface area contributed by atoms with Gasteiger partial charge in [-0.2, -0.15) is 12.7 Å². The first-order valence-corrected chi connectivity index (χ1v) is 10.2. The Hall–Kier alpha value is -2.35. The van der Waals surface area contributed by atoms with E-state index < -0.39 is 10.2 Å². The van der Waals surface area contributed by atoms with Crippen LogP contribution in [0.15, 0.2) is 54.7 Å². The highest BCUT2D eigenvalue weighted by atomic mass is 32.2. The predicted octanol–water partition coefficient (Wildman–Crippen LogP) is 2.76.